The summed E-state index contributed by atoms with van der Waals surface area (Å²) in [4.78, 5) is 38.1. The van der Waals surface area contributed by atoms with Crippen molar-refractivity contribution in [2.24, 2.45) is 0 Å². The molecule has 0 aliphatic carbocycles. The number of rotatable bonds is 7. The van der Waals surface area contributed by atoms with Gasteiger partial charge >= 0.3 is 11.8 Å². The molecular weight excluding hydrogens is 372 g/mol. The maximum atomic E-state index is 12.6. The van der Waals surface area contributed by atoms with Crippen molar-refractivity contribution in [3.8, 4) is 17.1 Å². The molecule has 0 bridgehead atoms. The Morgan fingerprint density at radius 3 is 2.24 bits per heavy atom. The second-order valence-corrected chi connectivity index (χ2v) is 7.29. The van der Waals surface area contributed by atoms with Crippen LogP contribution in [0.15, 0.2) is 34.7 Å². The second-order valence-electron chi connectivity index (χ2n) is 7.29. The molecule has 2 amide bonds. The standard InChI is InChI=1S/C22H28N2O5/c1-13(2)24(14(3)4)22(27)21(26)23-12-17-16(8-7-9-19(17)28-6)20-11-10-18(29-20)15(5)25/h7-11,13-14H,12H2,1-6H3,(H,23,26). The van der Waals surface area contributed by atoms with Crippen LogP contribution in [0.3, 0.4) is 0 Å². The van der Waals surface area contributed by atoms with Crippen molar-refractivity contribution in [1.29, 1.82) is 0 Å². The third-order valence-electron chi connectivity index (χ3n) is 4.54. The van der Waals surface area contributed by atoms with E-state index in [2.05, 4.69) is 5.32 Å². The number of Topliss-reactive ketones (excluding diaryl/α,β-unsaturated/α-hetero) is 1. The van der Waals surface area contributed by atoms with Crippen LogP contribution in [0.5, 0.6) is 5.75 Å². The summed E-state index contributed by atoms with van der Waals surface area (Å²) in [6.45, 7) is 8.97. The first-order valence-corrected chi connectivity index (χ1v) is 9.54. The van der Waals surface area contributed by atoms with E-state index in [1.165, 1.54) is 18.9 Å². The summed E-state index contributed by atoms with van der Waals surface area (Å²) in [6, 6.07) is 8.47. The molecule has 0 aliphatic rings. The Labute approximate surface area is 171 Å². The molecule has 0 spiro atoms. The predicted molar refractivity (Wildman–Crippen MR) is 110 cm³/mol. The molecule has 156 valence electrons. The lowest BCUT2D eigenvalue weighted by Crippen LogP contribution is -2.49. The Hall–Kier alpha value is -3.09. The number of amides is 2. The molecule has 29 heavy (non-hydrogen) atoms. The van der Waals surface area contributed by atoms with Crippen LogP contribution in [0.1, 0.15) is 50.7 Å². The van der Waals surface area contributed by atoms with Crippen LogP contribution in [-0.2, 0) is 16.1 Å². The molecule has 1 aromatic carbocycles. The zero-order valence-electron chi connectivity index (χ0n) is 17.7. The van der Waals surface area contributed by atoms with E-state index in [4.69, 9.17) is 9.15 Å². The van der Waals surface area contributed by atoms with Gasteiger partial charge < -0.3 is 19.4 Å². The maximum Gasteiger partial charge on any atom is 0.312 e. The highest BCUT2D eigenvalue weighted by Crippen LogP contribution is 2.32. The van der Waals surface area contributed by atoms with Crippen LogP contribution in [0.4, 0.5) is 0 Å². The fourth-order valence-corrected chi connectivity index (χ4v) is 3.27. The van der Waals surface area contributed by atoms with Crippen molar-refractivity contribution in [1.82, 2.24) is 10.2 Å². The molecule has 0 fully saturated rings. The van der Waals surface area contributed by atoms with Gasteiger partial charge in [0.05, 0.1) is 7.11 Å². The fourth-order valence-electron chi connectivity index (χ4n) is 3.27. The summed E-state index contributed by atoms with van der Waals surface area (Å²) in [6.07, 6.45) is 0. The summed E-state index contributed by atoms with van der Waals surface area (Å²) in [5.41, 5.74) is 1.33. The normalized spacial score (nSPS) is 10.9. The van der Waals surface area contributed by atoms with E-state index in [-0.39, 0.29) is 30.2 Å². The number of nitrogens with zero attached hydrogens (tertiary/aromatic N) is 1. The molecule has 2 rings (SSSR count). The largest absolute Gasteiger partial charge is 0.496 e. The van der Waals surface area contributed by atoms with E-state index in [1.54, 1.807) is 24.3 Å². The summed E-state index contributed by atoms with van der Waals surface area (Å²) >= 11 is 0. The van der Waals surface area contributed by atoms with E-state index >= 15 is 0 Å². The lowest BCUT2D eigenvalue weighted by molar-refractivity contribution is -0.148. The molecule has 0 unspecified atom stereocenters. The van der Waals surface area contributed by atoms with E-state index in [0.29, 0.717) is 22.6 Å². The molecule has 7 heteroatoms. The number of carbonyl (C=O) groups is 3. The van der Waals surface area contributed by atoms with Gasteiger partial charge in [0.1, 0.15) is 11.5 Å². The van der Waals surface area contributed by atoms with Gasteiger partial charge in [-0.3, -0.25) is 14.4 Å². The number of ether oxygens (including phenoxy) is 1. The van der Waals surface area contributed by atoms with E-state index in [9.17, 15) is 14.4 Å². The predicted octanol–water partition coefficient (Wildman–Crippen LogP) is 3.42. The molecule has 0 saturated carbocycles. The van der Waals surface area contributed by atoms with Gasteiger partial charge in [-0.15, -0.1) is 0 Å². The number of benzene rings is 1. The number of ketones is 1. The number of nitrogens with one attached hydrogen (secondary N) is 1. The lowest BCUT2D eigenvalue weighted by Gasteiger charge is -2.30. The fraction of sp³-hybridized carbons (Fsp3) is 0.409. The SMILES string of the molecule is COc1cccc(-c2ccc(C(C)=O)o2)c1CNC(=O)C(=O)N(C(C)C)C(C)C. The zero-order valence-corrected chi connectivity index (χ0v) is 17.7. The van der Waals surface area contributed by atoms with Crippen LogP contribution in [0, 0.1) is 0 Å². The average molecular weight is 400 g/mol. The average Bonchev–Trinajstić information content (AvgIpc) is 3.15. The smallest absolute Gasteiger partial charge is 0.312 e. The van der Waals surface area contributed by atoms with E-state index < -0.39 is 11.8 Å². The highest BCUT2D eigenvalue weighted by Gasteiger charge is 2.26. The van der Waals surface area contributed by atoms with Crippen LogP contribution >= 0.6 is 0 Å². The Morgan fingerprint density at radius 1 is 1.07 bits per heavy atom. The van der Waals surface area contributed by atoms with Gasteiger partial charge in [0.15, 0.2) is 11.5 Å². The summed E-state index contributed by atoms with van der Waals surface area (Å²) in [5.74, 6) is -0.174. The highest BCUT2D eigenvalue weighted by molar-refractivity contribution is 6.35. The Morgan fingerprint density at radius 2 is 1.72 bits per heavy atom. The highest BCUT2D eigenvalue weighted by atomic mass is 16.5. The van der Waals surface area contributed by atoms with Crippen molar-refractivity contribution in [2.75, 3.05) is 7.11 Å². The van der Waals surface area contributed by atoms with Crippen LogP contribution in [-0.4, -0.2) is 41.7 Å². The van der Waals surface area contributed by atoms with Gasteiger partial charge in [-0.25, -0.2) is 0 Å². The van der Waals surface area contributed by atoms with Gasteiger partial charge in [0, 0.05) is 36.7 Å². The molecular formula is C22H28N2O5. The zero-order chi connectivity index (χ0) is 21.7. The Bertz CT molecular complexity index is 890. The first-order valence-electron chi connectivity index (χ1n) is 9.54. The quantitative estimate of drug-likeness (QED) is 0.568. The minimum absolute atomic E-state index is 0.0735. The molecule has 1 heterocycles. The molecule has 0 radical (unpaired) electrons. The number of hydrogen-bond acceptors (Lipinski definition) is 5. The van der Waals surface area contributed by atoms with Gasteiger partial charge in [-0.1, -0.05) is 12.1 Å². The monoisotopic (exact) mass is 400 g/mol. The topological polar surface area (TPSA) is 88.8 Å². The summed E-state index contributed by atoms with van der Waals surface area (Å²) in [7, 11) is 1.53. The Balaban J connectivity index is 2.29. The van der Waals surface area contributed by atoms with Gasteiger partial charge in [-0.2, -0.15) is 0 Å². The van der Waals surface area contributed by atoms with Crippen LogP contribution in [0.2, 0.25) is 0 Å². The third-order valence-corrected chi connectivity index (χ3v) is 4.54. The maximum absolute atomic E-state index is 12.6. The first-order chi connectivity index (χ1) is 13.7. The minimum atomic E-state index is -0.687. The molecule has 1 aromatic heterocycles. The van der Waals surface area contributed by atoms with E-state index in [1.807, 2.05) is 33.8 Å². The molecule has 2 aromatic rings. The van der Waals surface area contributed by atoms with Crippen LogP contribution < -0.4 is 10.1 Å². The van der Waals surface area contributed by atoms with Gasteiger partial charge in [-0.05, 0) is 45.9 Å². The summed E-state index contributed by atoms with van der Waals surface area (Å²) in [5, 5.41) is 2.68. The van der Waals surface area contributed by atoms with Gasteiger partial charge in [0.25, 0.3) is 0 Å². The minimum Gasteiger partial charge on any atom is -0.496 e. The first kappa shape index (κ1) is 22.2. The molecule has 0 atom stereocenters. The molecule has 0 aliphatic heterocycles. The van der Waals surface area contributed by atoms with Crippen molar-refractivity contribution in [2.45, 2.75) is 53.2 Å². The van der Waals surface area contributed by atoms with Gasteiger partial charge in [0.2, 0.25) is 0 Å². The van der Waals surface area contributed by atoms with Crippen molar-refractivity contribution in [3.63, 3.8) is 0 Å². The van der Waals surface area contributed by atoms with Crippen molar-refractivity contribution < 1.29 is 23.5 Å². The Kier molecular flexibility index (Phi) is 7.20. The third kappa shape index (κ3) is 5.04. The number of methoxy groups -OCH3 is 1. The van der Waals surface area contributed by atoms with Crippen LogP contribution in [0.25, 0.3) is 11.3 Å². The molecule has 7 nitrogen and oxygen atoms in total. The van der Waals surface area contributed by atoms with E-state index in [0.717, 1.165) is 0 Å². The number of hydrogen-bond donors (Lipinski definition) is 1. The van der Waals surface area contributed by atoms with Crippen molar-refractivity contribution in [3.05, 3.63) is 41.7 Å². The molecule has 1 N–H and O–H groups in total. The lowest BCUT2D eigenvalue weighted by atomic mass is 10.0. The molecule has 0 saturated heterocycles. The number of furan rings is 1. The number of carbonyl (C=O) groups excluding carboxylic acids is 3. The second kappa shape index (κ2) is 9.41. The summed E-state index contributed by atoms with van der Waals surface area (Å²) < 4.78 is 11.1. The van der Waals surface area contributed by atoms with Crippen molar-refractivity contribution >= 4 is 17.6 Å².